The minimum absolute atomic E-state index is 0.0509. The Balaban J connectivity index is 2.04. The van der Waals surface area contributed by atoms with Gasteiger partial charge in [0.25, 0.3) is 0 Å². The van der Waals surface area contributed by atoms with Crippen LogP contribution in [0.15, 0.2) is 37.1 Å². The van der Waals surface area contributed by atoms with E-state index in [-0.39, 0.29) is 18.0 Å². The van der Waals surface area contributed by atoms with Crippen molar-refractivity contribution in [2.45, 2.75) is 58.2 Å². The quantitative estimate of drug-likeness (QED) is 0.773. The molecule has 0 radical (unpaired) electrons. The summed E-state index contributed by atoms with van der Waals surface area (Å²) in [4.78, 5) is 32.6. The first-order chi connectivity index (χ1) is 12.3. The van der Waals surface area contributed by atoms with Crippen molar-refractivity contribution in [2.24, 2.45) is 0 Å². The summed E-state index contributed by atoms with van der Waals surface area (Å²) in [6.07, 6.45) is 5.16. The maximum atomic E-state index is 12.4. The Morgan fingerprint density at radius 2 is 2.12 bits per heavy atom. The molecule has 1 aromatic rings. The minimum atomic E-state index is -0.507. The normalized spacial score (nSPS) is 18.0. The Bertz CT molecular complexity index is 625. The Hall–Kier alpha value is -2.37. The van der Waals surface area contributed by atoms with Gasteiger partial charge in [0, 0.05) is 25.3 Å². The van der Waals surface area contributed by atoms with E-state index in [2.05, 4.69) is 11.6 Å². The number of carbonyl (C=O) groups excluding carboxylic acids is 2. The van der Waals surface area contributed by atoms with Gasteiger partial charge in [-0.25, -0.2) is 4.79 Å². The van der Waals surface area contributed by atoms with E-state index < -0.39 is 5.60 Å². The zero-order valence-corrected chi connectivity index (χ0v) is 16.0. The number of hydrogen-bond donors (Lipinski definition) is 0. The van der Waals surface area contributed by atoms with Crippen LogP contribution in [0.1, 0.15) is 45.7 Å². The van der Waals surface area contributed by atoms with Gasteiger partial charge in [-0.1, -0.05) is 12.6 Å². The molecule has 1 saturated heterocycles. The number of pyridine rings is 1. The Morgan fingerprint density at radius 3 is 2.73 bits per heavy atom. The van der Waals surface area contributed by atoms with E-state index in [1.165, 1.54) is 6.08 Å². The fourth-order valence-corrected chi connectivity index (χ4v) is 3.07. The summed E-state index contributed by atoms with van der Waals surface area (Å²) in [6, 6.07) is 5.73. The second kappa shape index (κ2) is 8.83. The second-order valence-electron chi connectivity index (χ2n) is 7.54. The van der Waals surface area contributed by atoms with Gasteiger partial charge in [-0.2, -0.15) is 0 Å². The summed E-state index contributed by atoms with van der Waals surface area (Å²) in [7, 11) is 0. The van der Waals surface area contributed by atoms with Crippen LogP contribution >= 0.6 is 0 Å². The van der Waals surface area contributed by atoms with E-state index >= 15 is 0 Å². The molecule has 6 heteroatoms. The summed E-state index contributed by atoms with van der Waals surface area (Å²) < 4.78 is 5.47. The predicted octanol–water partition coefficient (Wildman–Crippen LogP) is 3.39. The van der Waals surface area contributed by atoms with Gasteiger partial charge in [-0.05, 0) is 58.2 Å². The molecule has 6 nitrogen and oxygen atoms in total. The number of rotatable bonds is 4. The van der Waals surface area contributed by atoms with Crippen LogP contribution in [0, 0.1) is 0 Å². The van der Waals surface area contributed by atoms with E-state index in [0.717, 1.165) is 18.5 Å². The largest absolute Gasteiger partial charge is 0.444 e. The highest BCUT2D eigenvalue weighted by molar-refractivity contribution is 5.87. The van der Waals surface area contributed by atoms with Gasteiger partial charge in [0.1, 0.15) is 5.60 Å². The van der Waals surface area contributed by atoms with Gasteiger partial charge < -0.3 is 14.5 Å². The third-order valence-electron chi connectivity index (χ3n) is 4.31. The molecule has 0 spiro atoms. The Kier molecular flexibility index (Phi) is 6.77. The summed E-state index contributed by atoms with van der Waals surface area (Å²) >= 11 is 0. The fourth-order valence-electron chi connectivity index (χ4n) is 3.07. The molecule has 1 fully saturated rings. The SMILES string of the molecule is C=CC(=O)N(Cc1ccccn1)[C@H]1CCCN(C(=O)OC(C)(C)C)CC1. The summed E-state index contributed by atoms with van der Waals surface area (Å²) in [5.41, 5.74) is 0.336. The third-order valence-corrected chi connectivity index (χ3v) is 4.31. The van der Waals surface area contributed by atoms with E-state index in [1.54, 1.807) is 11.1 Å². The third kappa shape index (κ3) is 5.86. The van der Waals surface area contributed by atoms with Gasteiger partial charge in [-0.3, -0.25) is 9.78 Å². The molecule has 1 atom stereocenters. The van der Waals surface area contributed by atoms with Gasteiger partial charge in [-0.15, -0.1) is 0 Å². The van der Waals surface area contributed by atoms with E-state index in [0.29, 0.717) is 26.1 Å². The van der Waals surface area contributed by atoms with Crippen LogP contribution < -0.4 is 0 Å². The van der Waals surface area contributed by atoms with Gasteiger partial charge in [0.2, 0.25) is 5.91 Å². The predicted molar refractivity (Wildman–Crippen MR) is 100 cm³/mol. The first-order valence-electron chi connectivity index (χ1n) is 9.11. The number of amides is 2. The Morgan fingerprint density at radius 1 is 1.35 bits per heavy atom. The van der Waals surface area contributed by atoms with Crippen LogP contribution in [0.25, 0.3) is 0 Å². The highest BCUT2D eigenvalue weighted by atomic mass is 16.6. The summed E-state index contributed by atoms with van der Waals surface area (Å²) in [6.45, 7) is 10.9. The first-order valence-corrected chi connectivity index (χ1v) is 9.11. The van der Waals surface area contributed by atoms with Crippen molar-refractivity contribution < 1.29 is 14.3 Å². The maximum absolute atomic E-state index is 12.4. The smallest absolute Gasteiger partial charge is 0.410 e. The molecule has 26 heavy (non-hydrogen) atoms. The van der Waals surface area contributed by atoms with Crippen molar-refractivity contribution in [2.75, 3.05) is 13.1 Å². The van der Waals surface area contributed by atoms with Crippen molar-refractivity contribution in [1.82, 2.24) is 14.8 Å². The molecule has 2 rings (SSSR count). The number of nitrogens with zero attached hydrogens (tertiary/aromatic N) is 3. The van der Waals surface area contributed by atoms with Gasteiger partial charge in [0.15, 0.2) is 0 Å². The number of likely N-dealkylation sites (tertiary alicyclic amines) is 1. The highest BCUT2D eigenvalue weighted by Gasteiger charge is 2.29. The van der Waals surface area contributed by atoms with Crippen LogP contribution in [0.4, 0.5) is 4.79 Å². The van der Waals surface area contributed by atoms with Crippen molar-refractivity contribution >= 4 is 12.0 Å². The molecule has 0 saturated carbocycles. The second-order valence-corrected chi connectivity index (χ2v) is 7.54. The molecule has 0 bridgehead atoms. The zero-order valence-electron chi connectivity index (χ0n) is 16.0. The summed E-state index contributed by atoms with van der Waals surface area (Å²) in [5.74, 6) is -0.105. The molecule has 1 aromatic heterocycles. The average Bonchev–Trinajstić information content (AvgIpc) is 2.84. The molecule has 0 unspecified atom stereocenters. The minimum Gasteiger partial charge on any atom is -0.444 e. The lowest BCUT2D eigenvalue weighted by atomic mass is 10.1. The highest BCUT2D eigenvalue weighted by Crippen LogP contribution is 2.21. The number of carbonyl (C=O) groups is 2. The number of hydrogen-bond acceptors (Lipinski definition) is 4. The zero-order chi connectivity index (χ0) is 19.2. The molecule has 0 N–H and O–H groups in total. The van der Waals surface area contributed by atoms with Crippen molar-refractivity contribution in [3.8, 4) is 0 Å². The molecule has 2 heterocycles. The number of ether oxygens (including phenoxy) is 1. The summed E-state index contributed by atoms with van der Waals surface area (Å²) in [5, 5.41) is 0. The molecule has 0 aliphatic carbocycles. The lowest BCUT2D eigenvalue weighted by Gasteiger charge is -2.30. The van der Waals surface area contributed by atoms with Crippen LogP contribution in [0.5, 0.6) is 0 Å². The molecular formula is C20H29N3O3. The maximum Gasteiger partial charge on any atom is 0.410 e. The van der Waals surface area contributed by atoms with Crippen molar-refractivity contribution in [3.05, 3.63) is 42.7 Å². The average molecular weight is 359 g/mol. The van der Waals surface area contributed by atoms with Crippen molar-refractivity contribution in [1.29, 1.82) is 0 Å². The van der Waals surface area contributed by atoms with E-state index in [1.807, 2.05) is 43.9 Å². The lowest BCUT2D eigenvalue weighted by molar-refractivity contribution is -0.129. The van der Waals surface area contributed by atoms with Crippen LogP contribution in [0.3, 0.4) is 0 Å². The topological polar surface area (TPSA) is 62.7 Å². The molecule has 142 valence electrons. The standard InChI is InChI=1S/C20H29N3O3/c1-5-18(24)23(15-16-9-6-7-12-21-16)17-10-8-13-22(14-11-17)19(25)26-20(2,3)4/h5-7,9,12,17H,1,8,10-11,13-15H2,2-4H3/t17-/m0/s1. The molecular weight excluding hydrogens is 330 g/mol. The van der Waals surface area contributed by atoms with Gasteiger partial charge >= 0.3 is 6.09 Å². The molecule has 1 aliphatic heterocycles. The fraction of sp³-hybridized carbons (Fsp3) is 0.550. The van der Waals surface area contributed by atoms with E-state index in [4.69, 9.17) is 4.74 Å². The first kappa shape index (κ1) is 19.9. The van der Waals surface area contributed by atoms with E-state index in [9.17, 15) is 9.59 Å². The van der Waals surface area contributed by atoms with Gasteiger partial charge in [0.05, 0.1) is 12.2 Å². The van der Waals surface area contributed by atoms with Crippen LogP contribution in [-0.2, 0) is 16.1 Å². The van der Waals surface area contributed by atoms with Crippen LogP contribution in [0.2, 0.25) is 0 Å². The Labute approximate surface area is 155 Å². The lowest BCUT2D eigenvalue weighted by Crippen LogP contribution is -2.41. The number of aromatic nitrogens is 1. The molecule has 2 amide bonds. The molecule has 1 aliphatic rings. The molecule has 0 aromatic carbocycles. The monoisotopic (exact) mass is 359 g/mol. The van der Waals surface area contributed by atoms with Crippen LogP contribution in [-0.4, -0.2) is 51.5 Å². The van der Waals surface area contributed by atoms with Crippen molar-refractivity contribution in [3.63, 3.8) is 0 Å².